The molecule has 7 heteroatoms. The molecule has 132 valence electrons. The van der Waals surface area contributed by atoms with Crippen LogP contribution < -0.4 is 10.6 Å². The number of aliphatic hydroxyl groups excluding tert-OH is 1. The predicted molar refractivity (Wildman–Crippen MR) is 92.1 cm³/mol. The topological polar surface area (TPSA) is 83.5 Å². The molecule has 4 rings (SSSR count). The summed E-state index contributed by atoms with van der Waals surface area (Å²) in [5.41, 5.74) is 0. The standard InChI is InChI=1S/C17H25N3O3S/c21-15-11-1-2-12(15)7-13(6-11)19-16(22)20-17-18-8-14(24-17)5-10-3-4-23-9-10/h8,10-13,15,21H,1-7,9H2,(H2,18,19,20,22)/t10?,11-,12+,13?,15?. The summed E-state index contributed by atoms with van der Waals surface area (Å²) in [7, 11) is 0. The summed E-state index contributed by atoms with van der Waals surface area (Å²) in [6.45, 7) is 1.69. The molecule has 3 N–H and O–H groups in total. The molecule has 3 fully saturated rings. The second kappa shape index (κ2) is 6.98. The first-order valence-electron chi connectivity index (χ1n) is 8.95. The Hall–Kier alpha value is -1.18. The Labute approximate surface area is 146 Å². The van der Waals surface area contributed by atoms with Crippen molar-refractivity contribution < 1.29 is 14.6 Å². The van der Waals surface area contributed by atoms with Gasteiger partial charge in [0.25, 0.3) is 0 Å². The van der Waals surface area contributed by atoms with E-state index in [9.17, 15) is 9.90 Å². The number of aromatic nitrogens is 1. The second-order valence-corrected chi connectivity index (χ2v) is 8.54. The molecule has 6 nitrogen and oxygen atoms in total. The van der Waals surface area contributed by atoms with Crippen LogP contribution in [0.15, 0.2) is 6.20 Å². The Balaban J connectivity index is 1.26. The van der Waals surface area contributed by atoms with Crippen LogP contribution in [0.5, 0.6) is 0 Å². The maximum atomic E-state index is 12.2. The number of urea groups is 1. The third kappa shape index (κ3) is 3.58. The minimum absolute atomic E-state index is 0.160. The van der Waals surface area contributed by atoms with E-state index in [1.165, 1.54) is 4.88 Å². The molecular weight excluding hydrogens is 326 g/mol. The van der Waals surface area contributed by atoms with Crippen LogP contribution in [0.3, 0.4) is 0 Å². The smallest absolute Gasteiger partial charge is 0.321 e. The molecule has 3 aliphatic rings. The van der Waals surface area contributed by atoms with Gasteiger partial charge in [-0.15, -0.1) is 11.3 Å². The van der Waals surface area contributed by atoms with Crippen molar-refractivity contribution in [2.75, 3.05) is 18.5 Å². The fraction of sp³-hybridized carbons (Fsp3) is 0.765. The van der Waals surface area contributed by atoms with Gasteiger partial charge in [0, 0.05) is 30.3 Å². The molecule has 2 aliphatic carbocycles. The molecule has 1 aromatic rings. The molecule has 1 aliphatic heterocycles. The molecule has 1 saturated heterocycles. The van der Waals surface area contributed by atoms with E-state index < -0.39 is 0 Å². The van der Waals surface area contributed by atoms with Crippen LogP contribution >= 0.6 is 11.3 Å². The molecule has 0 spiro atoms. The normalized spacial score (nSPS) is 35.1. The molecule has 2 amide bonds. The Morgan fingerprint density at radius 3 is 2.83 bits per heavy atom. The van der Waals surface area contributed by atoms with Crippen molar-refractivity contribution in [1.82, 2.24) is 10.3 Å². The number of fused-ring (bicyclic) bond motifs is 2. The zero-order chi connectivity index (χ0) is 16.5. The van der Waals surface area contributed by atoms with Gasteiger partial charge in [0.1, 0.15) is 0 Å². The predicted octanol–water partition coefficient (Wildman–Crippen LogP) is 2.39. The molecule has 2 heterocycles. The Kier molecular flexibility index (Phi) is 4.74. The lowest BCUT2D eigenvalue weighted by molar-refractivity contribution is 0.0491. The number of hydrogen-bond donors (Lipinski definition) is 3. The van der Waals surface area contributed by atoms with Gasteiger partial charge in [-0.1, -0.05) is 0 Å². The van der Waals surface area contributed by atoms with Crippen LogP contribution in [0, 0.1) is 17.8 Å². The lowest BCUT2D eigenvalue weighted by Gasteiger charge is -2.32. The lowest BCUT2D eigenvalue weighted by atomic mass is 9.83. The van der Waals surface area contributed by atoms with E-state index in [1.54, 1.807) is 11.3 Å². The third-order valence-corrected chi connectivity index (χ3v) is 6.61. The van der Waals surface area contributed by atoms with E-state index in [-0.39, 0.29) is 18.2 Å². The molecule has 5 atom stereocenters. The van der Waals surface area contributed by atoms with Crippen molar-refractivity contribution in [2.45, 2.75) is 50.7 Å². The largest absolute Gasteiger partial charge is 0.393 e. The minimum Gasteiger partial charge on any atom is -0.393 e. The number of aliphatic hydroxyl groups is 1. The number of carbonyl (C=O) groups excluding carboxylic acids is 1. The summed E-state index contributed by atoms with van der Waals surface area (Å²) in [4.78, 5) is 17.7. The molecule has 2 bridgehead atoms. The second-order valence-electron chi connectivity index (χ2n) is 7.42. The minimum atomic E-state index is -0.180. The number of carbonyl (C=O) groups is 1. The van der Waals surface area contributed by atoms with E-state index >= 15 is 0 Å². The summed E-state index contributed by atoms with van der Waals surface area (Å²) in [6, 6.07) is -0.0122. The van der Waals surface area contributed by atoms with E-state index in [0.717, 1.165) is 51.7 Å². The molecular formula is C17H25N3O3S. The highest BCUT2D eigenvalue weighted by molar-refractivity contribution is 7.15. The number of thiazole rings is 1. The number of anilines is 1. The van der Waals surface area contributed by atoms with Crippen LogP contribution in [-0.2, 0) is 11.2 Å². The van der Waals surface area contributed by atoms with Gasteiger partial charge in [-0.3, -0.25) is 5.32 Å². The SMILES string of the molecule is O=C(Nc1ncc(CC2CCOC2)s1)NC1C[C@H]2CC[C@@H](C1)C2O. The van der Waals surface area contributed by atoms with Crippen LogP contribution in [0.1, 0.15) is 37.0 Å². The summed E-state index contributed by atoms with van der Waals surface area (Å²) >= 11 is 1.55. The highest BCUT2D eigenvalue weighted by atomic mass is 32.1. The van der Waals surface area contributed by atoms with E-state index in [2.05, 4.69) is 15.6 Å². The summed E-state index contributed by atoms with van der Waals surface area (Å²) in [5.74, 6) is 1.29. The van der Waals surface area contributed by atoms with Crippen molar-refractivity contribution >= 4 is 22.5 Å². The van der Waals surface area contributed by atoms with Crippen LogP contribution in [-0.4, -0.2) is 41.5 Å². The molecule has 3 unspecified atom stereocenters. The monoisotopic (exact) mass is 351 g/mol. The molecule has 24 heavy (non-hydrogen) atoms. The summed E-state index contributed by atoms with van der Waals surface area (Å²) in [6.07, 6.45) is 7.73. The first-order chi connectivity index (χ1) is 11.7. The molecule has 0 aromatic carbocycles. The van der Waals surface area contributed by atoms with Gasteiger partial charge >= 0.3 is 6.03 Å². The van der Waals surface area contributed by atoms with Gasteiger partial charge in [-0.2, -0.15) is 0 Å². The highest BCUT2D eigenvalue weighted by Gasteiger charge is 2.42. The first kappa shape index (κ1) is 16.3. The zero-order valence-electron chi connectivity index (χ0n) is 13.7. The van der Waals surface area contributed by atoms with Gasteiger partial charge in [0.2, 0.25) is 0 Å². The number of hydrogen-bond acceptors (Lipinski definition) is 5. The zero-order valence-corrected chi connectivity index (χ0v) is 14.6. The van der Waals surface area contributed by atoms with Crippen molar-refractivity contribution in [3.63, 3.8) is 0 Å². The average molecular weight is 351 g/mol. The van der Waals surface area contributed by atoms with Crippen LogP contribution in [0.25, 0.3) is 0 Å². The summed E-state index contributed by atoms with van der Waals surface area (Å²) in [5, 5.41) is 16.6. The van der Waals surface area contributed by atoms with E-state index in [1.807, 2.05) is 6.20 Å². The quantitative estimate of drug-likeness (QED) is 0.778. The highest BCUT2D eigenvalue weighted by Crippen LogP contribution is 2.42. The fourth-order valence-corrected chi connectivity index (χ4v) is 5.34. The third-order valence-electron chi connectivity index (χ3n) is 5.67. The Morgan fingerprint density at radius 1 is 1.33 bits per heavy atom. The Bertz CT molecular complexity index is 573. The van der Waals surface area contributed by atoms with Crippen molar-refractivity contribution in [2.24, 2.45) is 17.8 Å². The maximum Gasteiger partial charge on any atom is 0.321 e. The first-order valence-corrected chi connectivity index (χ1v) is 9.77. The average Bonchev–Trinajstić information content (AvgIpc) is 3.24. The summed E-state index contributed by atoms with van der Waals surface area (Å²) < 4.78 is 5.40. The molecule has 1 aromatic heterocycles. The Morgan fingerprint density at radius 2 is 2.12 bits per heavy atom. The lowest BCUT2D eigenvalue weighted by Crippen LogP contribution is -2.45. The van der Waals surface area contributed by atoms with Gasteiger partial charge < -0.3 is 15.2 Å². The molecule has 0 radical (unpaired) electrons. The van der Waals surface area contributed by atoms with Crippen molar-refractivity contribution in [1.29, 1.82) is 0 Å². The number of amides is 2. The van der Waals surface area contributed by atoms with Gasteiger partial charge in [0.05, 0.1) is 6.10 Å². The van der Waals surface area contributed by atoms with Gasteiger partial charge in [-0.25, -0.2) is 9.78 Å². The van der Waals surface area contributed by atoms with E-state index in [0.29, 0.717) is 22.9 Å². The van der Waals surface area contributed by atoms with Crippen LogP contribution in [0.4, 0.5) is 9.93 Å². The van der Waals surface area contributed by atoms with Crippen molar-refractivity contribution in [3.8, 4) is 0 Å². The number of nitrogens with one attached hydrogen (secondary N) is 2. The van der Waals surface area contributed by atoms with Crippen molar-refractivity contribution in [3.05, 3.63) is 11.1 Å². The fourth-order valence-electron chi connectivity index (χ4n) is 4.42. The number of rotatable bonds is 4. The number of ether oxygens (including phenoxy) is 1. The van der Waals surface area contributed by atoms with E-state index in [4.69, 9.17) is 4.74 Å². The maximum absolute atomic E-state index is 12.2. The molecule has 2 saturated carbocycles. The van der Waals surface area contributed by atoms with Crippen LogP contribution in [0.2, 0.25) is 0 Å². The van der Waals surface area contributed by atoms with Gasteiger partial charge in [0.15, 0.2) is 5.13 Å². The van der Waals surface area contributed by atoms with Gasteiger partial charge in [-0.05, 0) is 56.3 Å². The number of nitrogens with zero attached hydrogens (tertiary/aromatic N) is 1.